The molecule has 3 nitrogen and oxygen atoms in total. The first kappa shape index (κ1) is 14.3. The lowest BCUT2D eigenvalue weighted by atomic mass is 10.1. The predicted molar refractivity (Wildman–Crippen MR) is 84.4 cm³/mol. The molecule has 0 atom stereocenters. The Morgan fingerprint density at radius 3 is 2.53 bits per heavy atom. The molecule has 19 heavy (non-hydrogen) atoms. The third kappa shape index (κ3) is 3.46. The zero-order valence-electron chi connectivity index (χ0n) is 9.72. The number of amides is 1. The summed E-state index contributed by atoms with van der Waals surface area (Å²) in [6.45, 7) is 0. The number of nitrogens with one attached hydrogen (secondary N) is 1. The summed E-state index contributed by atoms with van der Waals surface area (Å²) in [5, 5.41) is 5.02. The van der Waals surface area contributed by atoms with Gasteiger partial charge in [-0.25, -0.2) is 0 Å². The molecular weight excluding hydrogens is 346 g/mol. The van der Waals surface area contributed by atoms with E-state index in [0.29, 0.717) is 16.1 Å². The monoisotopic (exact) mass is 355 g/mol. The van der Waals surface area contributed by atoms with E-state index in [4.69, 9.17) is 0 Å². The molecule has 0 saturated carbocycles. The highest BCUT2D eigenvalue weighted by Crippen LogP contribution is 2.26. The Hall–Kier alpha value is -1.11. The highest BCUT2D eigenvalue weighted by Gasteiger charge is 2.16. The van der Waals surface area contributed by atoms with Crippen molar-refractivity contribution in [3.8, 4) is 0 Å². The van der Waals surface area contributed by atoms with Gasteiger partial charge in [-0.05, 0) is 35.7 Å². The lowest BCUT2D eigenvalue weighted by molar-refractivity contribution is -0.113. The Morgan fingerprint density at radius 1 is 1.21 bits per heavy atom. The van der Waals surface area contributed by atoms with Crippen molar-refractivity contribution in [3.05, 3.63) is 51.3 Å². The molecule has 1 aromatic carbocycles. The van der Waals surface area contributed by atoms with Gasteiger partial charge in [-0.3, -0.25) is 9.59 Å². The molecule has 0 aliphatic heterocycles. The summed E-state index contributed by atoms with van der Waals surface area (Å²) in [5.74, 6) is -0.247. The highest BCUT2D eigenvalue weighted by atomic mass is 79.9. The minimum atomic E-state index is -0.226. The third-order valence-corrected chi connectivity index (χ3v) is 4.06. The molecule has 2 aromatic rings. The molecule has 0 radical (unpaired) electrons. The van der Waals surface area contributed by atoms with Gasteiger partial charge in [-0.1, -0.05) is 15.9 Å². The zero-order valence-corrected chi connectivity index (χ0v) is 13.0. The summed E-state index contributed by atoms with van der Waals surface area (Å²) in [4.78, 5) is 23.7. The second kappa shape index (κ2) is 6.36. The van der Waals surface area contributed by atoms with Crippen LogP contribution in [0, 0.1) is 0 Å². The van der Waals surface area contributed by atoms with Crippen LogP contribution in [0.5, 0.6) is 0 Å². The van der Waals surface area contributed by atoms with Crippen molar-refractivity contribution in [2.24, 2.45) is 0 Å². The van der Waals surface area contributed by atoms with Gasteiger partial charge in [-0.2, -0.15) is 12.6 Å². The fraction of sp³-hybridized carbons (Fsp3) is 0.0769. The average Bonchev–Trinajstić information content (AvgIpc) is 2.86. The number of halogens is 1. The first-order valence-electron chi connectivity index (χ1n) is 5.40. The van der Waals surface area contributed by atoms with Crippen LogP contribution in [0.4, 0.5) is 5.00 Å². The molecule has 0 fully saturated rings. The molecule has 1 aromatic heterocycles. The third-order valence-electron chi connectivity index (χ3n) is 2.41. The van der Waals surface area contributed by atoms with Crippen LogP contribution in [-0.2, 0) is 4.79 Å². The molecular formula is C13H10BrNO2S2. The van der Waals surface area contributed by atoms with E-state index in [1.165, 1.54) is 11.3 Å². The average molecular weight is 356 g/mol. The van der Waals surface area contributed by atoms with Crippen molar-refractivity contribution in [1.29, 1.82) is 0 Å². The smallest absolute Gasteiger partial charge is 0.234 e. The van der Waals surface area contributed by atoms with Gasteiger partial charge in [0, 0.05) is 10.0 Å². The van der Waals surface area contributed by atoms with Gasteiger partial charge in [0.05, 0.1) is 11.3 Å². The molecule has 0 bridgehead atoms. The van der Waals surface area contributed by atoms with E-state index in [1.807, 2.05) is 12.1 Å². The fourth-order valence-corrected chi connectivity index (χ4v) is 2.65. The fourth-order valence-electron chi connectivity index (χ4n) is 1.51. The predicted octanol–water partition coefficient (Wildman–Crippen LogP) is 3.61. The normalized spacial score (nSPS) is 10.2. The first-order valence-corrected chi connectivity index (χ1v) is 7.71. The van der Waals surface area contributed by atoms with Crippen LogP contribution in [0.2, 0.25) is 0 Å². The van der Waals surface area contributed by atoms with Crippen molar-refractivity contribution in [3.63, 3.8) is 0 Å². The maximum atomic E-state index is 12.3. The molecule has 2 rings (SSSR count). The van der Waals surface area contributed by atoms with Gasteiger partial charge in [-0.15, -0.1) is 11.3 Å². The summed E-state index contributed by atoms with van der Waals surface area (Å²) < 4.78 is 0.915. The number of ketones is 1. The van der Waals surface area contributed by atoms with Crippen molar-refractivity contribution >= 4 is 56.6 Å². The number of thiol groups is 1. The summed E-state index contributed by atoms with van der Waals surface area (Å²) in [7, 11) is 0. The quantitative estimate of drug-likeness (QED) is 0.649. The van der Waals surface area contributed by atoms with Crippen LogP contribution in [0.15, 0.2) is 40.2 Å². The van der Waals surface area contributed by atoms with Gasteiger partial charge < -0.3 is 5.32 Å². The van der Waals surface area contributed by atoms with Crippen LogP contribution in [0.3, 0.4) is 0 Å². The van der Waals surface area contributed by atoms with Gasteiger partial charge in [0.25, 0.3) is 0 Å². The molecule has 0 spiro atoms. The molecule has 0 aliphatic carbocycles. The largest absolute Gasteiger partial charge is 0.316 e. The second-order valence-electron chi connectivity index (χ2n) is 3.71. The number of hydrogen-bond donors (Lipinski definition) is 2. The minimum absolute atomic E-state index is 0.0871. The van der Waals surface area contributed by atoms with E-state index < -0.39 is 0 Å². The van der Waals surface area contributed by atoms with Gasteiger partial charge in [0.2, 0.25) is 5.91 Å². The summed E-state index contributed by atoms with van der Waals surface area (Å²) in [5.41, 5.74) is 1.09. The van der Waals surface area contributed by atoms with E-state index in [-0.39, 0.29) is 17.4 Å². The van der Waals surface area contributed by atoms with E-state index in [1.54, 1.807) is 23.6 Å². The molecule has 0 saturated heterocycles. The number of anilines is 1. The van der Waals surface area contributed by atoms with Gasteiger partial charge in [0.1, 0.15) is 5.00 Å². The van der Waals surface area contributed by atoms with Crippen molar-refractivity contribution < 1.29 is 9.59 Å². The van der Waals surface area contributed by atoms with E-state index in [9.17, 15) is 9.59 Å². The lowest BCUT2D eigenvalue weighted by Crippen LogP contribution is -2.14. The number of carbonyl (C=O) groups is 2. The van der Waals surface area contributed by atoms with Crippen LogP contribution in [0.1, 0.15) is 15.9 Å². The maximum Gasteiger partial charge on any atom is 0.234 e. The Labute approximate surface area is 128 Å². The van der Waals surface area contributed by atoms with Crippen LogP contribution < -0.4 is 5.32 Å². The Kier molecular flexibility index (Phi) is 4.79. The van der Waals surface area contributed by atoms with Crippen molar-refractivity contribution in [2.45, 2.75) is 0 Å². The molecule has 1 N–H and O–H groups in total. The first-order chi connectivity index (χ1) is 9.11. The lowest BCUT2D eigenvalue weighted by Gasteiger charge is -2.04. The van der Waals surface area contributed by atoms with Crippen LogP contribution >= 0.6 is 39.9 Å². The summed E-state index contributed by atoms with van der Waals surface area (Å²) in [6.07, 6.45) is 0. The highest BCUT2D eigenvalue weighted by molar-refractivity contribution is 9.10. The standard InChI is InChI=1S/C13H10BrNO2S2/c14-9-3-1-8(2-4-9)12(17)10-5-6-19-13(10)15-11(16)7-18/h1-6,18H,7H2,(H,15,16). The van der Waals surface area contributed by atoms with Crippen LogP contribution in [-0.4, -0.2) is 17.4 Å². The second-order valence-corrected chi connectivity index (χ2v) is 5.85. The number of hydrogen-bond acceptors (Lipinski definition) is 4. The molecule has 1 heterocycles. The molecule has 0 unspecified atom stereocenters. The molecule has 0 aliphatic rings. The number of thiophene rings is 1. The van der Waals surface area contributed by atoms with Gasteiger partial charge >= 0.3 is 0 Å². The summed E-state index contributed by atoms with van der Waals surface area (Å²) in [6, 6.07) is 8.82. The van der Waals surface area contributed by atoms with Gasteiger partial charge in [0.15, 0.2) is 5.78 Å². The molecule has 6 heteroatoms. The van der Waals surface area contributed by atoms with Crippen molar-refractivity contribution in [1.82, 2.24) is 0 Å². The minimum Gasteiger partial charge on any atom is -0.316 e. The number of carbonyl (C=O) groups excluding carboxylic acids is 2. The number of rotatable bonds is 4. The number of benzene rings is 1. The molecule has 98 valence electrons. The van der Waals surface area contributed by atoms with E-state index in [0.717, 1.165) is 4.47 Å². The topological polar surface area (TPSA) is 46.2 Å². The van der Waals surface area contributed by atoms with Crippen LogP contribution in [0.25, 0.3) is 0 Å². The maximum absolute atomic E-state index is 12.3. The Bertz CT molecular complexity index is 607. The summed E-state index contributed by atoms with van der Waals surface area (Å²) >= 11 is 8.54. The zero-order chi connectivity index (χ0) is 13.8. The Balaban J connectivity index is 2.27. The SMILES string of the molecule is O=C(CS)Nc1sccc1C(=O)c1ccc(Br)cc1. The van der Waals surface area contributed by atoms with E-state index >= 15 is 0 Å². The van der Waals surface area contributed by atoms with Crippen molar-refractivity contribution in [2.75, 3.05) is 11.1 Å². The van der Waals surface area contributed by atoms with E-state index in [2.05, 4.69) is 33.9 Å². The molecule has 1 amide bonds. The Morgan fingerprint density at radius 2 is 1.89 bits per heavy atom.